The normalized spacial score (nSPS) is 24.9. The quantitative estimate of drug-likeness (QED) is 0.863. The average Bonchev–Trinajstić information content (AvgIpc) is 2.63. The zero-order chi connectivity index (χ0) is 16.6. The lowest BCUT2D eigenvalue weighted by Crippen LogP contribution is -2.27. The van der Waals surface area contributed by atoms with Crippen LogP contribution in [0.1, 0.15) is 44.1 Å². The number of aliphatic hydroxyl groups excluding tert-OH is 1. The van der Waals surface area contributed by atoms with Gasteiger partial charge in [0, 0.05) is 12.8 Å². The van der Waals surface area contributed by atoms with Crippen LogP contribution in [0, 0.1) is 0 Å². The highest BCUT2D eigenvalue weighted by Crippen LogP contribution is 2.33. The van der Waals surface area contributed by atoms with Crippen LogP contribution < -0.4 is 9.47 Å². The number of benzene rings is 1. The minimum absolute atomic E-state index is 0.0100. The average molecular weight is 334 g/mol. The number of ether oxygens (including phenoxy) is 4. The molecule has 2 atom stereocenters. The molecule has 5 nitrogen and oxygen atoms in total. The van der Waals surface area contributed by atoms with Gasteiger partial charge in [0.05, 0.1) is 19.8 Å². The molecule has 0 bridgehead atoms. The third kappa shape index (κ3) is 4.97. The molecule has 0 amide bonds. The molecule has 3 rings (SSSR count). The van der Waals surface area contributed by atoms with E-state index in [0.29, 0.717) is 11.5 Å². The highest BCUT2D eigenvalue weighted by molar-refractivity contribution is 5.56. The molecule has 1 N–H and O–H groups in total. The number of hydrogen-bond donors (Lipinski definition) is 1. The summed E-state index contributed by atoms with van der Waals surface area (Å²) in [4.78, 5) is 0. The van der Waals surface area contributed by atoms with E-state index in [4.69, 9.17) is 24.1 Å². The maximum absolute atomic E-state index is 8.95. The molecule has 132 valence electrons. The van der Waals surface area contributed by atoms with Crippen molar-refractivity contribution in [2.75, 3.05) is 19.8 Å². The van der Waals surface area contributed by atoms with Crippen molar-refractivity contribution in [1.29, 1.82) is 0 Å². The van der Waals surface area contributed by atoms with E-state index in [9.17, 15) is 0 Å². The summed E-state index contributed by atoms with van der Waals surface area (Å²) in [6, 6.07) is 5.76. The lowest BCUT2D eigenvalue weighted by molar-refractivity contribution is -0.119. The number of aliphatic hydroxyl groups is 1. The summed E-state index contributed by atoms with van der Waals surface area (Å²) in [5, 5.41) is 8.95. The smallest absolute Gasteiger partial charge is 0.200 e. The first-order valence-electron chi connectivity index (χ1n) is 8.83. The first kappa shape index (κ1) is 17.3. The Bertz CT molecular complexity index is 531. The maximum Gasteiger partial charge on any atom is 0.200 e. The second-order valence-corrected chi connectivity index (χ2v) is 6.12. The zero-order valence-corrected chi connectivity index (χ0v) is 14.0. The molecule has 2 fully saturated rings. The van der Waals surface area contributed by atoms with Crippen molar-refractivity contribution in [2.45, 2.75) is 51.1 Å². The predicted molar refractivity (Wildman–Crippen MR) is 91.0 cm³/mol. The third-order valence-corrected chi connectivity index (χ3v) is 4.18. The third-order valence-electron chi connectivity index (χ3n) is 4.18. The van der Waals surface area contributed by atoms with Crippen molar-refractivity contribution in [2.24, 2.45) is 0 Å². The van der Waals surface area contributed by atoms with Crippen LogP contribution in [-0.2, 0) is 9.47 Å². The Kier molecular flexibility index (Phi) is 6.52. The van der Waals surface area contributed by atoms with Gasteiger partial charge in [-0.3, -0.25) is 0 Å². The summed E-state index contributed by atoms with van der Waals surface area (Å²) in [6.07, 6.45) is 9.28. The van der Waals surface area contributed by atoms with Gasteiger partial charge in [-0.05, 0) is 43.4 Å². The van der Waals surface area contributed by atoms with E-state index in [1.54, 1.807) is 6.08 Å². The van der Waals surface area contributed by atoms with Gasteiger partial charge in [-0.2, -0.15) is 0 Å². The highest BCUT2D eigenvalue weighted by atomic mass is 16.7. The minimum Gasteiger partial charge on any atom is -0.461 e. The van der Waals surface area contributed by atoms with Crippen LogP contribution in [0.3, 0.4) is 0 Å². The van der Waals surface area contributed by atoms with Gasteiger partial charge in [-0.1, -0.05) is 18.2 Å². The summed E-state index contributed by atoms with van der Waals surface area (Å²) >= 11 is 0. The maximum atomic E-state index is 8.95. The Hall–Kier alpha value is -1.56. The molecule has 5 heteroatoms. The first-order valence-corrected chi connectivity index (χ1v) is 8.83. The fourth-order valence-electron chi connectivity index (χ4n) is 2.90. The van der Waals surface area contributed by atoms with Crippen LogP contribution in [0.2, 0.25) is 0 Å². The van der Waals surface area contributed by atoms with Gasteiger partial charge in [-0.15, -0.1) is 0 Å². The predicted octanol–water partition coefficient (Wildman–Crippen LogP) is 3.50. The van der Waals surface area contributed by atoms with Crippen LogP contribution >= 0.6 is 0 Å². The first-order chi connectivity index (χ1) is 11.8. The Labute approximate surface area is 143 Å². The second-order valence-electron chi connectivity index (χ2n) is 6.12. The molecular formula is C19H26O5. The van der Waals surface area contributed by atoms with Gasteiger partial charge in [0.25, 0.3) is 0 Å². The van der Waals surface area contributed by atoms with Crippen molar-refractivity contribution in [3.63, 3.8) is 0 Å². The zero-order valence-electron chi connectivity index (χ0n) is 14.0. The molecule has 2 unspecified atom stereocenters. The van der Waals surface area contributed by atoms with Crippen molar-refractivity contribution in [3.05, 3.63) is 29.8 Å². The van der Waals surface area contributed by atoms with Gasteiger partial charge >= 0.3 is 0 Å². The summed E-state index contributed by atoms with van der Waals surface area (Å²) in [6.45, 7) is 1.48. The molecule has 0 spiro atoms. The van der Waals surface area contributed by atoms with Crippen LogP contribution in [-0.4, -0.2) is 37.5 Å². The lowest BCUT2D eigenvalue weighted by Gasteiger charge is -2.27. The molecule has 1 aromatic carbocycles. The largest absolute Gasteiger partial charge is 0.461 e. The van der Waals surface area contributed by atoms with Crippen LogP contribution in [0.5, 0.6) is 11.5 Å². The van der Waals surface area contributed by atoms with E-state index in [-0.39, 0.29) is 19.2 Å². The molecule has 0 aliphatic carbocycles. The van der Waals surface area contributed by atoms with Crippen molar-refractivity contribution in [1.82, 2.24) is 0 Å². The topological polar surface area (TPSA) is 57.2 Å². The Morgan fingerprint density at radius 1 is 0.958 bits per heavy atom. The Balaban J connectivity index is 1.75. The molecule has 1 aromatic rings. The Morgan fingerprint density at radius 3 is 2.21 bits per heavy atom. The van der Waals surface area contributed by atoms with Crippen LogP contribution in [0.25, 0.3) is 6.08 Å². The SMILES string of the molecule is OCC=Cc1ccc(OC2CCCCO2)c(OC2CCCCO2)c1. The van der Waals surface area contributed by atoms with E-state index < -0.39 is 0 Å². The van der Waals surface area contributed by atoms with E-state index in [0.717, 1.165) is 57.3 Å². The highest BCUT2D eigenvalue weighted by Gasteiger charge is 2.21. The van der Waals surface area contributed by atoms with Crippen molar-refractivity contribution < 1.29 is 24.1 Å². The summed E-state index contributed by atoms with van der Waals surface area (Å²) in [5.41, 5.74) is 0.951. The van der Waals surface area contributed by atoms with Crippen LogP contribution in [0.15, 0.2) is 24.3 Å². The van der Waals surface area contributed by atoms with Gasteiger partial charge < -0.3 is 24.1 Å². The molecule has 2 heterocycles. The molecular weight excluding hydrogens is 308 g/mol. The van der Waals surface area contributed by atoms with Crippen molar-refractivity contribution in [3.8, 4) is 11.5 Å². The summed E-state index contributed by atoms with van der Waals surface area (Å²) < 4.78 is 23.4. The molecule has 2 saturated heterocycles. The number of rotatable bonds is 6. The van der Waals surface area contributed by atoms with Crippen molar-refractivity contribution >= 4 is 6.08 Å². The van der Waals surface area contributed by atoms with Gasteiger partial charge in [-0.25, -0.2) is 0 Å². The monoisotopic (exact) mass is 334 g/mol. The second kappa shape index (κ2) is 9.06. The van der Waals surface area contributed by atoms with E-state index >= 15 is 0 Å². The molecule has 0 radical (unpaired) electrons. The van der Waals surface area contributed by atoms with Gasteiger partial charge in [0.2, 0.25) is 0 Å². The fraction of sp³-hybridized carbons (Fsp3) is 0.579. The molecule has 2 aliphatic heterocycles. The molecule has 2 aliphatic rings. The van der Waals surface area contributed by atoms with E-state index in [1.807, 2.05) is 24.3 Å². The number of hydrogen-bond acceptors (Lipinski definition) is 5. The minimum atomic E-state index is -0.231. The summed E-state index contributed by atoms with van der Waals surface area (Å²) in [5.74, 6) is 1.34. The summed E-state index contributed by atoms with van der Waals surface area (Å²) in [7, 11) is 0. The van der Waals surface area contributed by atoms with E-state index in [2.05, 4.69) is 0 Å². The van der Waals surface area contributed by atoms with Gasteiger partial charge in [0.15, 0.2) is 24.1 Å². The molecule has 0 saturated carbocycles. The Morgan fingerprint density at radius 2 is 1.62 bits per heavy atom. The fourth-order valence-corrected chi connectivity index (χ4v) is 2.90. The lowest BCUT2D eigenvalue weighted by atomic mass is 10.1. The molecule has 0 aromatic heterocycles. The molecule has 24 heavy (non-hydrogen) atoms. The standard InChI is InChI=1S/C19H26O5/c20-11-5-6-15-9-10-16(23-18-7-1-3-12-21-18)17(14-15)24-19-8-2-4-13-22-19/h5-6,9-10,14,18-20H,1-4,7-8,11-13H2. The van der Waals surface area contributed by atoms with E-state index in [1.165, 1.54) is 0 Å². The van der Waals surface area contributed by atoms with Gasteiger partial charge in [0.1, 0.15) is 0 Å². The van der Waals surface area contributed by atoms with Crippen LogP contribution in [0.4, 0.5) is 0 Å².